The van der Waals surface area contributed by atoms with Crippen molar-refractivity contribution < 1.29 is 0 Å². The summed E-state index contributed by atoms with van der Waals surface area (Å²) in [6, 6.07) is 7.95. The van der Waals surface area contributed by atoms with Gasteiger partial charge >= 0.3 is 0 Å². The lowest BCUT2D eigenvalue weighted by Crippen LogP contribution is -1.92. The first-order valence-electron chi connectivity index (χ1n) is 6.56. The monoisotopic (exact) mass is 284 g/mol. The van der Waals surface area contributed by atoms with Gasteiger partial charge in [0.05, 0.1) is 16.9 Å². The standard InChI is InChI=1S/C15H16N4S/c1-2-19-9-12(8-17-19)14-10-20-15(18-14)7-11-3-5-13(16)6-4-11/h3-6,8-10H,2,7,16H2,1H3. The molecule has 102 valence electrons. The molecule has 0 saturated carbocycles. The van der Waals surface area contributed by atoms with Gasteiger partial charge in [-0.2, -0.15) is 5.10 Å². The van der Waals surface area contributed by atoms with E-state index in [0.717, 1.165) is 34.9 Å². The zero-order valence-corrected chi connectivity index (χ0v) is 12.1. The molecule has 0 fully saturated rings. The largest absolute Gasteiger partial charge is 0.399 e. The summed E-state index contributed by atoms with van der Waals surface area (Å²) in [4.78, 5) is 4.68. The van der Waals surface area contributed by atoms with Crippen LogP contribution in [-0.2, 0) is 13.0 Å². The molecule has 5 heteroatoms. The molecule has 0 aliphatic rings. The van der Waals surface area contributed by atoms with Crippen molar-refractivity contribution in [3.8, 4) is 11.3 Å². The van der Waals surface area contributed by atoms with E-state index < -0.39 is 0 Å². The van der Waals surface area contributed by atoms with Gasteiger partial charge in [0.2, 0.25) is 0 Å². The molecule has 0 spiro atoms. The Kier molecular flexibility index (Phi) is 3.52. The Morgan fingerprint density at radius 2 is 2.05 bits per heavy atom. The number of anilines is 1. The van der Waals surface area contributed by atoms with E-state index in [-0.39, 0.29) is 0 Å². The molecule has 0 saturated heterocycles. The van der Waals surface area contributed by atoms with E-state index >= 15 is 0 Å². The van der Waals surface area contributed by atoms with Gasteiger partial charge in [-0.25, -0.2) is 4.98 Å². The van der Waals surface area contributed by atoms with Crippen molar-refractivity contribution in [1.29, 1.82) is 0 Å². The molecule has 2 aromatic heterocycles. The average molecular weight is 284 g/mol. The van der Waals surface area contributed by atoms with Gasteiger partial charge < -0.3 is 5.73 Å². The number of nitrogen functional groups attached to an aromatic ring is 1. The van der Waals surface area contributed by atoms with Crippen LogP contribution in [0.15, 0.2) is 42.0 Å². The van der Waals surface area contributed by atoms with Crippen LogP contribution in [0.5, 0.6) is 0 Å². The molecule has 0 amide bonds. The second-order valence-corrected chi connectivity index (χ2v) is 5.57. The molecule has 1 aromatic carbocycles. The number of rotatable bonds is 4. The molecular weight excluding hydrogens is 268 g/mol. The van der Waals surface area contributed by atoms with Gasteiger partial charge in [0.15, 0.2) is 0 Å². The summed E-state index contributed by atoms with van der Waals surface area (Å²) in [6.45, 7) is 2.95. The average Bonchev–Trinajstić information content (AvgIpc) is 3.10. The Hall–Kier alpha value is -2.14. The van der Waals surface area contributed by atoms with Crippen LogP contribution >= 0.6 is 11.3 Å². The minimum Gasteiger partial charge on any atom is -0.399 e. The number of aryl methyl sites for hydroxylation is 1. The zero-order chi connectivity index (χ0) is 13.9. The maximum absolute atomic E-state index is 5.69. The topological polar surface area (TPSA) is 56.7 Å². The highest BCUT2D eigenvalue weighted by Crippen LogP contribution is 2.23. The molecule has 20 heavy (non-hydrogen) atoms. The summed E-state index contributed by atoms with van der Waals surface area (Å²) in [5.41, 5.74) is 9.79. The molecule has 2 heterocycles. The third-order valence-corrected chi connectivity index (χ3v) is 3.99. The van der Waals surface area contributed by atoms with Gasteiger partial charge in [0.1, 0.15) is 0 Å². The van der Waals surface area contributed by atoms with Crippen LogP contribution in [-0.4, -0.2) is 14.8 Å². The predicted molar refractivity (Wildman–Crippen MR) is 82.7 cm³/mol. The fourth-order valence-corrected chi connectivity index (χ4v) is 2.84. The van der Waals surface area contributed by atoms with E-state index in [4.69, 9.17) is 5.73 Å². The molecule has 3 rings (SSSR count). The Labute approximate surface area is 121 Å². The van der Waals surface area contributed by atoms with Crippen molar-refractivity contribution >= 4 is 17.0 Å². The van der Waals surface area contributed by atoms with Crippen molar-refractivity contribution in [2.45, 2.75) is 19.9 Å². The molecule has 0 atom stereocenters. The summed E-state index contributed by atoms with van der Waals surface area (Å²) in [5.74, 6) is 0. The van der Waals surface area contributed by atoms with Crippen molar-refractivity contribution in [1.82, 2.24) is 14.8 Å². The lowest BCUT2D eigenvalue weighted by molar-refractivity contribution is 0.660. The Morgan fingerprint density at radius 3 is 2.75 bits per heavy atom. The lowest BCUT2D eigenvalue weighted by atomic mass is 10.1. The molecule has 2 N–H and O–H groups in total. The summed E-state index contributed by atoms with van der Waals surface area (Å²) in [7, 11) is 0. The molecule has 0 aliphatic carbocycles. The lowest BCUT2D eigenvalue weighted by Gasteiger charge is -1.98. The number of thiazole rings is 1. The number of aromatic nitrogens is 3. The third-order valence-electron chi connectivity index (χ3n) is 3.14. The summed E-state index contributed by atoms with van der Waals surface area (Å²) in [6.07, 6.45) is 4.74. The van der Waals surface area contributed by atoms with E-state index in [1.807, 2.05) is 41.3 Å². The number of nitrogens with zero attached hydrogens (tertiary/aromatic N) is 3. The van der Waals surface area contributed by atoms with Crippen LogP contribution in [0.2, 0.25) is 0 Å². The minimum atomic E-state index is 0.792. The number of benzene rings is 1. The van der Waals surface area contributed by atoms with Gasteiger partial charge in [-0.1, -0.05) is 12.1 Å². The summed E-state index contributed by atoms with van der Waals surface area (Å²) >= 11 is 1.68. The summed E-state index contributed by atoms with van der Waals surface area (Å²) < 4.78 is 1.91. The van der Waals surface area contributed by atoms with E-state index in [9.17, 15) is 0 Å². The van der Waals surface area contributed by atoms with Crippen molar-refractivity contribution in [3.05, 3.63) is 52.6 Å². The Morgan fingerprint density at radius 1 is 1.25 bits per heavy atom. The minimum absolute atomic E-state index is 0.792. The van der Waals surface area contributed by atoms with Crippen molar-refractivity contribution in [2.75, 3.05) is 5.73 Å². The van der Waals surface area contributed by atoms with Crippen LogP contribution in [0.1, 0.15) is 17.5 Å². The van der Waals surface area contributed by atoms with Crippen molar-refractivity contribution in [3.63, 3.8) is 0 Å². The zero-order valence-electron chi connectivity index (χ0n) is 11.3. The van der Waals surface area contributed by atoms with Gasteiger partial charge in [0.25, 0.3) is 0 Å². The van der Waals surface area contributed by atoms with Crippen molar-refractivity contribution in [2.24, 2.45) is 0 Å². The Bertz CT molecular complexity index is 697. The van der Waals surface area contributed by atoms with Gasteiger partial charge in [-0.05, 0) is 24.6 Å². The van der Waals surface area contributed by atoms with Crippen LogP contribution in [0.3, 0.4) is 0 Å². The van der Waals surface area contributed by atoms with Gasteiger partial charge in [-0.3, -0.25) is 4.68 Å². The maximum atomic E-state index is 5.69. The quantitative estimate of drug-likeness (QED) is 0.748. The molecule has 4 nitrogen and oxygen atoms in total. The van der Waals surface area contributed by atoms with E-state index in [0.29, 0.717) is 0 Å². The number of hydrogen-bond acceptors (Lipinski definition) is 4. The fourth-order valence-electron chi connectivity index (χ4n) is 2.00. The molecular formula is C15H16N4S. The molecule has 0 radical (unpaired) electrons. The summed E-state index contributed by atoms with van der Waals surface area (Å²) in [5, 5.41) is 7.47. The van der Waals surface area contributed by atoms with Gasteiger partial charge in [-0.15, -0.1) is 11.3 Å². The maximum Gasteiger partial charge on any atom is 0.0976 e. The fraction of sp³-hybridized carbons (Fsp3) is 0.200. The van der Waals surface area contributed by atoms with Gasteiger partial charge in [0, 0.05) is 35.8 Å². The van der Waals surface area contributed by atoms with Crippen LogP contribution in [0, 0.1) is 0 Å². The van der Waals surface area contributed by atoms with E-state index in [2.05, 4.69) is 22.4 Å². The number of nitrogens with two attached hydrogens (primary N) is 1. The smallest absolute Gasteiger partial charge is 0.0976 e. The van der Waals surface area contributed by atoms with Crippen LogP contribution < -0.4 is 5.73 Å². The predicted octanol–water partition coefficient (Wildman–Crippen LogP) is 3.20. The molecule has 3 aromatic rings. The normalized spacial score (nSPS) is 10.8. The second kappa shape index (κ2) is 5.46. The highest BCUT2D eigenvalue weighted by molar-refractivity contribution is 7.10. The molecule has 0 aliphatic heterocycles. The molecule has 0 unspecified atom stereocenters. The third kappa shape index (κ3) is 2.72. The highest BCUT2D eigenvalue weighted by atomic mass is 32.1. The first kappa shape index (κ1) is 12.9. The van der Waals surface area contributed by atoms with Crippen LogP contribution in [0.4, 0.5) is 5.69 Å². The first-order valence-corrected chi connectivity index (χ1v) is 7.44. The highest BCUT2D eigenvalue weighted by Gasteiger charge is 2.07. The first-order chi connectivity index (χ1) is 9.74. The SMILES string of the molecule is CCn1cc(-c2csc(Cc3ccc(N)cc3)n2)cn1. The Balaban J connectivity index is 1.78. The van der Waals surface area contributed by atoms with E-state index in [1.54, 1.807) is 11.3 Å². The van der Waals surface area contributed by atoms with E-state index in [1.165, 1.54) is 5.56 Å². The van der Waals surface area contributed by atoms with Crippen LogP contribution in [0.25, 0.3) is 11.3 Å². The number of hydrogen-bond donors (Lipinski definition) is 1. The second-order valence-electron chi connectivity index (χ2n) is 4.63. The molecule has 0 bridgehead atoms.